The Bertz CT molecular complexity index is 529. The van der Waals surface area contributed by atoms with Crippen LogP contribution in [-0.4, -0.2) is 29.6 Å². The number of ether oxygens (including phenoxy) is 1. The minimum absolute atomic E-state index is 0.106. The number of rotatable bonds is 3. The van der Waals surface area contributed by atoms with E-state index in [1.165, 1.54) is 5.56 Å². The maximum atomic E-state index is 5.82. The number of nitrogens with zero attached hydrogens (tertiary/aromatic N) is 2. The molecule has 2 aromatic rings. The van der Waals surface area contributed by atoms with E-state index in [1.807, 2.05) is 29.8 Å². The smallest absolute Gasteiger partial charge is 0.123 e. The van der Waals surface area contributed by atoms with Gasteiger partial charge in [-0.05, 0) is 17.7 Å². The Morgan fingerprint density at radius 3 is 3.21 bits per heavy atom. The normalized spacial score (nSPS) is 20.5. The van der Waals surface area contributed by atoms with Gasteiger partial charge in [0, 0.05) is 36.9 Å². The first-order valence-corrected chi connectivity index (χ1v) is 7.27. The van der Waals surface area contributed by atoms with Crippen molar-refractivity contribution in [2.75, 3.05) is 25.4 Å². The van der Waals surface area contributed by atoms with E-state index in [4.69, 9.17) is 10.5 Å². The van der Waals surface area contributed by atoms with Gasteiger partial charge in [-0.25, -0.2) is 4.98 Å². The van der Waals surface area contributed by atoms with Crippen LogP contribution in [0.1, 0.15) is 16.7 Å². The molecule has 5 heteroatoms. The van der Waals surface area contributed by atoms with Crippen LogP contribution in [0.25, 0.3) is 0 Å². The van der Waals surface area contributed by atoms with Crippen LogP contribution in [0.5, 0.6) is 0 Å². The lowest BCUT2D eigenvalue weighted by molar-refractivity contribution is -0.0330. The molecule has 0 saturated carbocycles. The fourth-order valence-corrected chi connectivity index (χ4v) is 3.02. The molecule has 0 amide bonds. The molecule has 1 aliphatic rings. The van der Waals surface area contributed by atoms with Gasteiger partial charge in [0.05, 0.1) is 6.61 Å². The quantitative estimate of drug-likeness (QED) is 0.873. The Morgan fingerprint density at radius 1 is 1.47 bits per heavy atom. The third-order valence-corrected chi connectivity index (χ3v) is 4.10. The number of benzene rings is 1. The fraction of sp³-hybridized carbons (Fsp3) is 0.357. The third kappa shape index (κ3) is 3.12. The Balaban J connectivity index is 1.65. The lowest BCUT2D eigenvalue weighted by Crippen LogP contribution is -2.37. The lowest BCUT2D eigenvalue weighted by Gasteiger charge is -2.32. The van der Waals surface area contributed by atoms with Crippen molar-refractivity contribution in [1.82, 2.24) is 9.88 Å². The highest BCUT2D eigenvalue weighted by atomic mass is 32.1. The number of thiazole rings is 1. The van der Waals surface area contributed by atoms with Crippen molar-refractivity contribution in [1.29, 1.82) is 0 Å². The first-order chi connectivity index (χ1) is 9.31. The standard InChI is InChI=1S/C14H17N3OS/c15-12-3-1-2-11(8-12)9-17-5-6-18-13(10-17)14-16-4-7-19-14/h1-4,7-8,13H,5-6,9-10,15H2. The second-order valence-electron chi connectivity index (χ2n) is 4.71. The van der Waals surface area contributed by atoms with Gasteiger partial charge in [-0.15, -0.1) is 11.3 Å². The molecule has 1 aliphatic heterocycles. The molecule has 0 radical (unpaired) electrons. The van der Waals surface area contributed by atoms with Gasteiger partial charge in [0.25, 0.3) is 0 Å². The Morgan fingerprint density at radius 2 is 2.42 bits per heavy atom. The molecule has 0 aliphatic carbocycles. The minimum atomic E-state index is 0.106. The molecule has 1 aromatic carbocycles. The van der Waals surface area contributed by atoms with Crippen LogP contribution in [0.15, 0.2) is 35.8 Å². The van der Waals surface area contributed by atoms with Crippen LogP contribution in [-0.2, 0) is 11.3 Å². The van der Waals surface area contributed by atoms with Gasteiger partial charge >= 0.3 is 0 Å². The number of nitrogens with two attached hydrogens (primary N) is 1. The summed E-state index contributed by atoms with van der Waals surface area (Å²) in [5, 5.41) is 3.06. The predicted octanol–water partition coefficient (Wildman–Crippen LogP) is 2.30. The van der Waals surface area contributed by atoms with Crippen molar-refractivity contribution >= 4 is 17.0 Å². The molecule has 1 aromatic heterocycles. The zero-order valence-corrected chi connectivity index (χ0v) is 11.5. The number of morpholine rings is 1. The van der Waals surface area contributed by atoms with E-state index in [-0.39, 0.29) is 6.10 Å². The van der Waals surface area contributed by atoms with Crippen LogP contribution < -0.4 is 5.73 Å². The van der Waals surface area contributed by atoms with E-state index in [2.05, 4.69) is 16.0 Å². The number of hydrogen-bond acceptors (Lipinski definition) is 5. The summed E-state index contributed by atoms with van der Waals surface area (Å²) < 4.78 is 5.80. The van der Waals surface area contributed by atoms with E-state index in [1.54, 1.807) is 11.3 Å². The summed E-state index contributed by atoms with van der Waals surface area (Å²) in [5.41, 5.74) is 7.89. The van der Waals surface area contributed by atoms with Crippen molar-refractivity contribution in [3.8, 4) is 0 Å². The highest BCUT2D eigenvalue weighted by Gasteiger charge is 2.23. The first kappa shape index (κ1) is 12.6. The van der Waals surface area contributed by atoms with Gasteiger partial charge in [-0.1, -0.05) is 12.1 Å². The van der Waals surface area contributed by atoms with Crippen molar-refractivity contribution in [3.05, 3.63) is 46.4 Å². The summed E-state index contributed by atoms with van der Waals surface area (Å²) in [5.74, 6) is 0. The largest absolute Gasteiger partial charge is 0.399 e. The maximum absolute atomic E-state index is 5.82. The minimum Gasteiger partial charge on any atom is -0.399 e. The second-order valence-corrected chi connectivity index (χ2v) is 5.64. The van der Waals surface area contributed by atoms with Crippen molar-refractivity contribution in [2.24, 2.45) is 0 Å². The molecular weight excluding hydrogens is 258 g/mol. The van der Waals surface area contributed by atoms with E-state index >= 15 is 0 Å². The molecular formula is C14H17N3OS. The molecule has 0 bridgehead atoms. The Kier molecular flexibility index (Phi) is 3.77. The Hall–Kier alpha value is -1.43. The zero-order chi connectivity index (χ0) is 13.1. The molecule has 3 rings (SSSR count). The average Bonchev–Trinajstić information content (AvgIpc) is 2.93. The molecule has 1 saturated heterocycles. The van der Waals surface area contributed by atoms with E-state index in [0.717, 1.165) is 36.9 Å². The summed E-state index contributed by atoms with van der Waals surface area (Å²) >= 11 is 1.66. The van der Waals surface area contributed by atoms with Crippen molar-refractivity contribution in [2.45, 2.75) is 12.6 Å². The van der Waals surface area contributed by atoms with Crippen LogP contribution in [0.3, 0.4) is 0 Å². The van der Waals surface area contributed by atoms with Gasteiger partial charge < -0.3 is 10.5 Å². The number of hydrogen-bond donors (Lipinski definition) is 1. The highest BCUT2D eigenvalue weighted by molar-refractivity contribution is 7.09. The molecule has 19 heavy (non-hydrogen) atoms. The van der Waals surface area contributed by atoms with Crippen LogP contribution in [0.4, 0.5) is 5.69 Å². The summed E-state index contributed by atoms with van der Waals surface area (Å²) in [6, 6.07) is 8.07. The molecule has 100 valence electrons. The van der Waals surface area contributed by atoms with Crippen LogP contribution in [0, 0.1) is 0 Å². The monoisotopic (exact) mass is 275 g/mol. The molecule has 1 atom stereocenters. The van der Waals surface area contributed by atoms with Gasteiger partial charge in [0.2, 0.25) is 0 Å². The average molecular weight is 275 g/mol. The highest BCUT2D eigenvalue weighted by Crippen LogP contribution is 2.24. The predicted molar refractivity (Wildman–Crippen MR) is 76.9 cm³/mol. The van der Waals surface area contributed by atoms with Gasteiger partial charge in [-0.3, -0.25) is 4.90 Å². The van der Waals surface area contributed by atoms with Crippen LogP contribution >= 0.6 is 11.3 Å². The number of anilines is 1. The van der Waals surface area contributed by atoms with Gasteiger partial charge in [0.1, 0.15) is 11.1 Å². The van der Waals surface area contributed by atoms with Crippen LogP contribution in [0.2, 0.25) is 0 Å². The van der Waals surface area contributed by atoms with Crippen molar-refractivity contribution < 1.29 is 4.74 Å². The number of aromatic nitrogens is 1. The molecule has 2 N–H and O–H groups in total. The molecule has 0 spiro atoms. The summed E-state index contributed by atoms with van der Waals surface area (Å²) in [7, 11) is 0. The lowest BCUT2D eigenvalue weighted by atomic mass is 10.1. The van der Waals surface area contributed by atoms with Crippen molar-refractivity contribution in [3.63, 3.8) is 0 Å². The topological polar surface area (TPSA) is 51.4 Å². The van der Waals surface area contributed by atoms with Gasteiger partial charge in [-0.2, -0.15) is 0 Å². The molecule has 1 fully saturated rings. The maximum Gasteiger partial charge on any atom is 0.123 e. The third-order valence-electron chi connectivity index (χ3n) is 3.23. The zero-order valence-electron chi connectivity index (χ0n) is 10.7. The molecule has 2 heterocycles. The van der Waals surface area contributed by atoms with E-state index in [0.29, 0.717) is 0 Å². The fourth-order valence-electron chi connectivity index (χ4n) is 2.34. The SMILES string of the molecule is Nc1cccc(CN2CCOC(c3nccs3)C2)c1. The van der Waals surface area contributed by atoms with Gasteiger partial charge in [0.15, 0.2) is 0 Å². The Labute approximate surface area is 116 Å². The molecule has 4 nitrogen and oxygen atoms in total. The summed E-state index contributed by atoms with van der Waals surface area (Å²) in [6.07, 6.45) is 1.94. The van der Waals surface area contributed by atoms with E-state index < -0.39 is 0 Å². The number of nitrogen functional groups attached to an aromatic ring is 1. The van der Waals surface area contributed by atoms with E-state index in [9.17, 15) is 0 Å². The summed E-state index contributed by atoms with van der Waals surface area (Å²) in [6.45, 7) is 3.52. The second kappa shape index (κ2) is 5.69. The first-order valence-electron chi connectivity index (χ1n) is 6.39. The summed E-state index contributed by atoms with van der Waals surface area (Å²) in [4.78, 5) is 6.74. The molecule has 1 unspecified atom stereocenters.